The molecule has 1 N–H and O–H groups in total. The molecule has 0 aliphatic rings. The normalized spacial score (nSPS) is 11.6. The number of rotatable bonds is 7. The van der Waals surface area contributed by atoms with Crippen molar-refractivity contribution in [2.24, 2.45) is 5.92 Å². The van der Waals surface area contributed by atoms with E-state index in [1.807, 2.05) is 52.0 Å². The first-order chi connectivity index (χ1) is 12.2. The number of sulfonamides is 1. The number of hydrogen-bond acceptors (Lipinski definition) is 3. The van der Waals surface area contributed by atoms with Gasteiger partial charge in [-0.2, -0.15) is 0 Å². The molecule has 1 amide bonds. The van der Waals surface area contributed by atoms with Crippen LogP contribution < -0.4 is 9.62 Å². The van der Waals surface area contributed by atoms with Crippen LogP contribution in [0.2, 0.25) is 0 Å². The average Bonchev–Trinajstić information content (AvgIpc) is 2.61. The van der Waals surface area contributed by atoms with Gasteiger partial charge in [0.05, 0.1) is 4.90 Å². The molecule has 0 atom stereocenters. The molecule has 0 saturated heterocycles. The molecule has 140 valence electrons. The van der Waals surface area contributed by atoms with Gasteiger partial charge >= 0.3 is 0 Å². The van der Waals surface area contributed by atoms with Crippen LogP contribution in [0.3, 0.4) is 0 Å². The first-order valence-corrected chi connectivity index (χ1v) is 10.2. The molecule has 2 rings (SSSR count). The zero-order valence-corrected chi connectivity index (χ0v) is 16.5. The van der Waals surface area contributed by atoms with Crippen LogP contribution in [-0.4, -0.2) is 27.4 Å². The summed E-state index contributed by atoms with van der Waals surface area (Å²) in [4.78, 5) is 14.7. The van der Waals surface area contributed by atoms with Crippen molar-refractivity contribution >= 4 is 21.6 Å². The van der Waals surface area contributed by atoms with Crippen LogP contribution in [0.1, 0.15) is 36.7 Å². The SMILES string of the molecule is CCN(C(=O)c1ccc(S(=O)(=O)NCC(C)C)cc1)c1cccc(C)c1. The fourth-order valence-corrected chi connectivity index (χ4v) is 3.75. The molecule has 0 saturated carbocycles. The van der Waals surface area contributed by atoms with Crippen LogP contribution in [-0.2, 0) is 10.0 Å². The van der Waals surface area contributed by atoms with Gasteiger partial charge in [-0.25, -0.2) is 13.1 Å². The highest BCUT2D eigenvalue weighted by molar-refractivity contribution is 7.89. The number of amides is 1. The molecule has 0 radical (unpaired) electrons. The lowest BCUT2D eigenvalue weighted by atomic mass is 10.1. The molecular weight excluding hydrogens is 348 g/mol. The fourth-order valence-electron chi connectivity index (χ4n) is 2.53. The maximum atomic E-state index is 12.8. The largest absolute Gasteiger partial charge is 0.309 e. The van der Waals surface area contributed by atoms with E-state index < -0.39 is 10.0 Å². The van der Waals surface area contributed by atoms with Crippen LogP contribution in [0.15, 0.2) is 53.4 Å². The van der Waals surface area contributed by atoms with Crippen LogP contribution in [0, 0.1) is 12.8 Å². The molecule has 6 heteroatoms. The Hall–Kier alpha value is -2.18. The molecule has 0 aliphatic carbocycles. The number of benzene rings is 2. The first kappa shape index (κ1) is 20.1. The highest BCUT2D eigenvalue weighted by Gasteiger charge is 2.18. The molecule has 0 bridgehead atoms. The van der Waals surface area contributed by atoms with Crippen LogP contribution in [0.4, 0.5) is 5.69 Å². The minimum absolute atomic E-state index is 0.155. The number of anilines is 1. The molecule has 0 aliphatic heterocycles. The molecular formula is C20H26N2O3S. The van der Waals surface area contributed by atoms with Crippen molar-refractivity contribution in [1.29, 1.82) is 0 Å². The van der Waals surface area contributed by atoms with Gasteiger partial charge in [0, 0.05) is 24.3 Å². The lowest BCUT2D eigenvalue weighted by Gasteiger charge is -2.21. The molecule has 0 aromatic heterocycles. The summed E-state index contributed by atoms with van der Waals surface area (Å²) < 4.78 is 27.1. The van der Waals surface area contributed by atoms with E-state index in [2.05, 4.69) is 4.72 Å². The summed E-state index contributed by atoms with van der Waals surface area (Å²) in [5.41, 5.74) is 2.36. The molecule has 0 spiro atoms. The third kappa shape index (κ3) is 4.93. The Labute approximate surface area is 156 Å². The van der Waals surface area contributed by atoms with E-state index in [9.17, 15) is 13.2 Å². The monoisotopic (exact) mass is 374 g/mol. The van der Waals surface area contributed by atoms with Gasteiger partial charge < -0.3 is 4.90 Å². The maximum Gasteiger partial charge on any atom is 0.258 e. The summed E-state index contributed by atoms with van der Waals surface area (Å²) in [6.07, 6.45) is 0. The zero-order chi connectivity index (χ0) is 19.3. The van der Waals surface area contributed by atoms with Gasteiger partial charge in [-0.15, -0.1) is 0 Å². The second-order valence-corrected chi connectivity index (χ2v) is 8.43. The maximum absolute atomic E-state index is 12.8. The van der Waals surface area contributed by atoms with Gasteiger partial charge in [-0.05, 0) is 61.7 Å². The highest BCUT2D eigenvalue weighted by atomic mass is 32.2. The van der Waals surface area contributed by atoms with Gasteiger partial charge in [0.25, 0.3) is 5.91 Å². The van der Waals surface area contributed by atoms with Crippen molar-refractivity contribution in [1.82, 2.24) is 4.72 Å². The van der Waals surface area contributed by atoms with E-state index in [1.165, 1.54) is 12.1 Å². The lowest BCUT2D eigenvalue weighted by molar-refractivity contribution is 0.0988. The highest BCUT2D eigenvalue weighted by Crippen LogP contribution is 2.19. The van der Waals surface area contributed by atoms with E-state index in [4.69, 9.17) is 0 Å². The molecule has 2 aromatic carbocycles. The predicted octanol–water partition coefficient (Wildman–Crippen LogP) is 3.60. The number of carbonyl (C=O) groups excluding carboxylic acids is 1. The minimum Gasteiger partial charge on any atom is -0.309 e. The number of aryl methyl sites for hydroxylation is 1. The molecule has 2 aromatic rings. The Morgan fingerprint density at radius 1 is 1.12 bits per heavy atom. The third-order valence-corrected chi connectivity index (χ3v) is 5.41. The van der Waals surface area contributed by atoms with Crippen LogP contribution in [0.25, 0.3) is 0 Å². The average molecular weight is 375 g/mol. The first-order valence-electron chi connectivity index (χ1n) is 8.73. The van der Waals surface area contributed by atoms with Crippen LogP contribution >= 0.6 is 0 Å². The summed E-state index contributed by atoms with van der Waals surface area (Å²) >= 11 is 0. The van der Waals surface area contributed by atoms with Crippen molar-refractivity contribution in [2.45, 2.75) is 32.6 Å². The number of hydrogen-bond donors (Lipinski definition) is 1. The zero-order valence-electron chi connectivity index (χ0n) is 15.7. The minimum atomic E-state index is -3.56. The summed E-state index contributed by atoms with van der Waals surface area (Å²) in [6.45, 7) is 8.67. The predicted molar refractivity (Wildman–Crippen MR) is 105 cm³/mol. The van der Waals surface area contributed by atoms with E-state index in [-0.39, 0.29) is 16.7 Å². The summed E-state index contributed by atoms with van der Waals surface area (Å²) in [7, 11) is -3.56. The van der Waals surface area contributed by atoms with Gasteiger partial charge in [-0.1, -0.05) is 26.0 Å². The van der Waals surface area contributed by atoms with Crippen molar-refractivity contribution in [3.8, 4) is 0 Å². The molecule has 26 heavy (non-hydrogen) atoms. The standard InChI is InChI=1S/C20H26N2O3S/c1-5-22(18-8-6-7-16(4)13-18)20(23)17-9-11-19(12-10-17)26(24,25)21-14-15(2)3/h6-13,15,21H,5,14H2,1-4H3. The summed E-state index contributed by atoms with van der Waals surface area (Å²) in [6, 6.07) is 13.8. The van der Waals surface area contributed by atoms with Gasteiger partial charge in [0.15, 0.2) is 0 Å². The van der Waals surface area contributed by atoms with E-state index in [0.29, 0.717) is 18.7 Å². The Kier molecular flexibility index (Phi) is 6.56. The molecule has 0 unspecified atom stereocenters. The number of carbonyl (C=O) groups is 1. The topological polar surface area (TPSA) is 66.5 Å². The lowest BCUT2D eigenvalue weighted by Crippen LogP contribution is -2.31. The van der Waals surface area contributed by atoms with Crippen molar-refractivity contribution in [2.75, 3.05) is 18.0 Å². The molecule has 0 heterocycles. The van der Waals surface area contributed by atoms with E-state index in [0.717, 1.165) is 11.3 Å². The Morgan fingerprint density at radius 2 is 1.77 bits per heavy atom. The van der Waals surface area contributed by atoms with Gasteiger partial charge in [-0.3, -0.25) is 4.79 Å². The van der Waals surface area contributed by atoms with Crippen molar-refractivity contribution in [3.05, 3.63) is 59.7 Å². The number of nitrogens with zero attached hydrogens (tertiary/aromatic N) is 1. The summed E-state index contributed by atoms with van der Waals surface area (Å²) in [5.74, 6) is 0.0651. The van der Waals surface area contributed by atoms with Gasteiger partial charge in [0.2, 0.25) is 10.0 Å². The molecule has 0 fully saturated rings. The van der Waals surface area contributed by atoms with Crippen molar-refractivity contribution < 1.29 is 13.2 Å². The van der Waals surface area contributed by atoms with E-state index >= 15 is 0 Å². The van der Waals surface area contributed by atoms with Crippen LogP contribution in [0.5, 0.6) is 0 Å². The Morgan fingerprint density at radius 3 is 2.31 bits per heavy atom. The Balaban J connectivity index is 2.22. The summed E-state index contributed by atoms with van der Waals surface area (Å²) in [5, 5.41) is 0. The van der Waals surface area contributed by atoms with Crippen molar-refractivity contribution in [3.63, 3.8) is 0 Å². The smallest absolute Gasteiger partial charge is 0.258 e. The second kappa shape index (κ2) is 8.47. The Bertz CT molecular complexity index is 859. The quantitative estimate of drug-likeness (QED) is 0.805. The molecule has 5 nitrogen and oxygen atoms in total. The second-order valence-electron chi connectivity index (χ2n) is 6.66. The third-order valence-electron chi connectivity index (χ3n) is 3.97. The fraction of sp³-hybridized carbons (Fsp3) is 0.350. The van der Waals surface area contributed by atoms with Gasteiger partial charge in [0.1, 0.15) is 0 Å². The van der Waals surface area contributed by atoms with E-state index in [1.54, 1.807) is 17.0 Å². The number of nitrogens with one attached hydrogen (secondary N) is 1.